The van der Waals surface area contributed by atoms with Crippen LogP contribution in [0.4, 0.5) is 18.0 Å². The largest absolute Gasteiger partial charge is 0.478 e. The highest BCUT2D eigenvalue weighted by Gasteiger charge is 2.46. The van der Waals surface area contributed by atoms with E-state index in [0.717, 1.165) is 11.1 Å². The summed E-state index contributed by atoms with van der Waals surface area (Å²) in [6, 6.07) is 0.919. The number of pyridine rings is 1. The minimum absolute atomic E-state index is 0.0297. The third kappa shape index (κ3) is 6.06. The number of urea groups is 1. The summed E-state index contributed by atoms with van der Waals surface area (Å²) in [6.45, 7) is 4.96. The molecule has 0 saturated carbocycles. The van der Waals surface area contributed by atoms with Gasteiger partial charge in [-0.2, -0.15) is 18.4 Å². The fourth-order valence-electron chi connectivity index (χ4n) is 3.15. The number of amides is 2. The van der Waals surface area contributed by atoms with Gasteiger partial charge in [-0.15, -0.1) is 0 Å². The first-order valence-electron chi connectivity index (χ1n) is 9.29. The molecule has 11 heteroatoms. The van der Waals surface area contributed by atoms with E-state index in [1.807, 2.05) is 6.07 Å². The second kappa shape index (κ2) is 8.87. The van der Waals surface area contributed by atoms with E-state index in [2.05, 4.69) is 10.3 Å². The fraction of sp³-hybridized carbons (Fsp3) is 0.579. The van der Waals surface area contributed by atoms with Gasteiger partial charge in [-0.25, -0.2) is 9.59 Å². The van der Waals surface area contributed by atoms with Crippen molar-refractivity contribution in [3.63, 3.8) is 0 Å². The normalized spacial score (nSPS) is 19.1. The van der Waals surface area contributed by atoms with E-state index in [0.29, 0.717) is 0 Å². The summed E-state index contributed by atoms with van der Waals surface area (Å²) in [7, 11) is 0. The van der Waals surface area contributed by atoms with E-state index in [-0.39, 0.29) is 30.9 Å². The molecule has 0 bridgehead atoms. The minimum atomic E-state index is -4.59. The van der Waals surface area contributed by atoms with Crippen LogP contribution in [0.3, 0.4) is 0 Å². The van der Waals surface area contributed by atoms with Crippen LogP contribution in [0, 0.1) is 11.3 Å². The molecule has 1 aromatic rings. The SMILES string of the molecule is CC(C)(C)NC(=O)N1CCN(C(Cc2ccc(C(=O)O)cn2)C(F)(F)F)CC1C#N. The van der Waals surface area contributed by atoms with Crippen molar-refractivity contribution in [2.24, 2.45) is 0 Å². The number of hydrogen-bond acceptors (Lipinski definition) is 5. The van der Waals surface area contributed by atoms with Crippen LogP contribution < -0.4 is 5.32 Å². The first-order chi connectivity index (χ1) is 13.8. The molecule has 30 heavy (non-hydrogen) atoms. The summed E-state index contributed by atoms with van der Waals surface area (Å²) in [6.07, 6.45) is -4.07. The summed E-state index contributed by atoms with van der Waals surface area (Å²) >= 11 is 0. The van der Waals surface area contributed by atoms with E-state index in [1.54, 1.807) is 20.8 Å². The van der Waals surface area contributed by atoms with Gasteiger partial charge in [0.15, 0.2) is 0 Å². The molecular formula is C19H24F3N5O3. The summed E-state index contributed by atoms with van der Waals surface area (Å²) in [5, 5.41) is 21.0. The number of hydrogen-bond donors (Lipinski definition) is 2. The topological polar surface area (TPSA) is 110 Å². The van der Waals surface area contributed by atoms with Crippen molar-refractivity contribution in [2.45, 2.75) is 51.0 Å². The standard InChI is InChI=1S/C19H24F3N5O3/c1-18(2,3)25-17(30)27-7-6-26(11-14(27)9-23)15(19(20,21)22)8-13-5-4-12(10-24-13)16(28)29/h4-5,10,14-15H,6-8,11H2,1-3H3,(H,25,30)(H,28,29). The summed E-state index contributed by atoms with van der Waals surface area (Å²) in [4.78, 5) is 29.5. The molecule has 1 saturated heterocycles. The van der Waals surface area contributed by atoms with Gasteiger partial charge in [0.25, 0.3) is 0 Å². The number of aromatic carboxylic acids is 1. The van der Waals surface area contributed by atoms with E-state index in [9.17, 15) is 28.0 Å². The Morgan fingerprint density at radius 1 is 1.33 bits per heavy atom. The van der Waals surface area contributed by atoms with E-state index >= 15 is 0 Å². The highest BCUT2D eigenvalue weighted by atomic mass is 19.4. The van der Waals surface area contributed by atoms with Crippen molar-refractivity contribution in [1.29, 1.82) is 5.26 Å². The van der Waals surface area contributed by atoms with E-state index in [4.69, 9.17) is 5.11 Å². The molecule has 2 N–H and O–H groups in total. The van der Waals surface area contributed by atoms with Crippen LogP contribution in [0.1, 0.15) is 36.8 Å². The number of carboxylic acid groups (broad SMARTS) is 1. The van der Waals surface area contributed by atoms with Gasteiger partial charge in [0.05, 0.1) is 11.6 Å². The van der Waals surface area contributed by atoms with Crippen molar-refractivity contribution in [1.82, 2.24) is 20.1 Å². The van der Waals surface area contributed by atoms with Crippen LogP contribution >= 0.6 is 0 Å². The van der Waals surface area contributed by atoms with Crippen molar-refractivity contribution in [3.8, 4) is 6.07 Å². The molecule has 2 heterocycles. The van der Waals surface area contributed by atoms with Gasteiger partial charge in [-0.3, -0.25) is 9.88 Å². The number of aromatic nitrogens is 1. The Balaban J connectivity index is 2.16. The molecule has 0 aromatic carbocycles. The molecule has 1 aromatic heterocycles. The number of nitrogens with zero attached hydrogens (tertiary/aromatic N) is 4. The molecule has 2 rings (SSSR count). The van der Waals surface area contributed by atoms with Gasteiger partial charge < -0.3 is 15.3 Å². The molecular weight excluding hydrogens is 403 g/mol. The number of nitriles is 1. The lowest BCUT2D eigenvalue weighted by atomic mass is 10.0. The van der Waals surface area contributed by atoms with Gasteiger partial charge in [-0.05, 0) is 32.9 Å². The van der Waals surface area contributed by atoms with Crippen molar-refractivity contribution >= 4 is 12.0 Å². The lowest BCUT2D eigenvalue weighted by Crippen LogP contribution is -2.62. The van der Waals surface area contributed by atoms with E-state index < -0.39 is 42.2 Å². The molecule has 0 aliphatic carbocycles. The van der Waals surface area contributed by atoms with E-state index in [1.165, 1.54) is 17.0 Å². The zero-order valence-electron chi connectivity index (χ0n) is 16.9. The highest BCUT2D eigenvalue weighted by Crippen LogP contribution is 2.29. The van der Waals surface area contributed by atoms with Crippen LogP contribution in [0.2, 0.25) is 0 Å². The zero-order valence-corrected chi connectivity index (χ0v) is 16.9. The Bertz CT molecular complexity index is 815. The molecule has 1 aliphatic rings. The molecule has 0 spiro atoms. The Labute approximate surface area is 172 Å². The molecule has 1 fully saturated rings. The zero-order chi connectivity index (χ0) is 22.7. The predicted molar refractivity (Wildman–Crippen MR) is 101 cm³/mol. The van der Waals surface area contributed by atoms with Crippen molar-refractivity contribution in [2.75, 3.05) is 19.6 Å². The van der Waals surface area contributed by atoms with Gasteiger partial charge in [0.2, 0.25) is 0 Å². The number of carbonyl (C=O) groups excluding carboxylic acids is 1. The lowest BCUT2D eigenvalue weighted by molar-refractivity contribution is -0.188. The molecule has 0 radical (unpaired) electrons. The molecule has 2 unspecified atom stereocenters. The maximum atomic E-state index is 13.8. The van der Waals surface area contributed by atoms with Gasteiger partial charge >= 0.3 is 18.2 Å². The predicted octanol–water partition coefficient (Wildman–Crippen LogP) is 2.27. The number of rotatable bonds is 4. The maximum Gasteiger partial charge on any atom is 0.404 e. The first kappa shape index (κ1) is 23.4. The number of piperazine rings is 1. The maximum absolute atomic E-state index is 13.8. The Kier molecular flexibility index (Phi) is 6.92. The third-order valence-corrected chi connectivity index (χ3v) is 4.60. The Hall–Kier alpha value is -2.87. The molecule has 2 atom stereocenters. The monoisotopic (exact) mass is 427 g/mol. The number of nitrogens with one attached hydrogen (secondary N) is 1. The third-order valence-electron chi connectivity index (χ3n) is 4.60. The fourth-order valence-corrected chi connectivity index (χ4v) is 3.15. The molecule has 8 nitrogen and oxygen atoms in total. The van der Waals surface area contributed by atoms with Crippen LogP contribution in [0.15, 0.2) is 18.3 Å². The quantitative estimate of drug-likeness (QED) is 0.763. The smallest absolute Gasteiger partial charge is 0.404 e. The summed E-state index contributed by atoms with van der Waals surface area (Å²) in [5.74, 6) is -1.22. The van der Waals surface area contributed by atoms with Crippen molar-refractivity contribution in [3.05, 3.63) is 29.6 Å². The molecule has 1 aliphatic heterocycles. The molecule has 164 valence electrons. The minimum Gasteiger partial charge on any atom is -0.478 e. The number of carboxylic acids is 1. The second-order valence-electron chi connectivity index (χ2n) is 8.12. The number of alkyl halides is 3. The van der Waals surface area contributed by atoms with Crippen LogP contribution in [0.5, 0.6) is 0 Å². The van der Waals surface area contributed by atoms with Crippen LogP contribution in [0.25, 0.3) is 0 Å². The average Bonchev–Trinajstić information content (AvgIpc) is 2.63. The van der Waals surface area contributed by atoms with Gasteiger partial charge in [0, 0.05) is 43.5 Å². The van der Waals surface area contributed by atoms with Gasteiger partial charge in [-0.1, -0.05) is 0 Å². The second-order valence-corrected chi connectivity index (χ2v) is 8.12. The molecule has 2 amide bonds. The van der Waals surface area contributed by atoms with Crippen molar-refractivity contribution < 1.29 is 27.9 Å². The summed E-state index contributed by atoms with van der Waals surface area (Å²) in [5.41, 5.74) is -0.578. The van der Waals surface area contributed by atoms with Crippen LogP contribution in [-0.4, -0.2) is 75.3 Å². The Morgan fingerprint density at radius 2 is 2.00 bits per heavy atom. The highest BCUT2D eigenvalue weighted by molar-refractivity contribution is 5.87. The van der Waals surface area contributed by atoms with Crippen LogP contribution in [-0.2, 0) is 6.42 Å². The van der Waals surface area contributed by atoms with Gasteiger partial charge in [0.1, 0.15) is 12.1 Å². The average molecular weight is 427 g/mol. The summed E-state index contributed by atoms with van der Waals surface area (Å²) < 4.78 is 41.3. The Morgan fingerprint density at radius 3 is 2.47 bits per heavy atom. The lowest BCUT2D eigenvalue weighted by Gasteiger charge is -2.42. The number of halogens is 3. The first-order valence-corrected chi connectivity index (χ1v) is 9.29. The number of carbonyl (C=O) groups is 2.